The van der Waals surface area contributed by atoms with E-state index < -0.39 is 0 Å². The number of benzene rings is 6. The standard InChI is InChI=1S/C56H39N7O2.2Pt/c1-34(2)44-28-38(32-50-54(44)42-14-5-7-16-46(42)61(50)52-18-9-11-24-57-52)64-36-20-22-40-41-23-21-37(31-49(41)63(48(40)30-36)56-59-26-13-27-60-56)65-39-29-45(35(3)4)55-43-15-6-8-17-47(43)62(51(55)33-39)53-19-10-12-25-58-53;;/h5-29,34-35H,1-4H3;;/q-4;2*+2. The van der Waals surface area contributed by atoms with Crippen LogP contribution in [0.15, 0.2) is 152 Å². The Bertz CT molecular complexity index is 3560. The van der Waals surface area contributed by atoms with Crippen LogP contribution in [0.4, 0.5) is 0 Å². The van der Waals surface area contributed by atoms with Gasteiger partial charge in [0, 0.05) is 58.8 Å². The van der Waals surface area contributed by atoms with Crippen molar-refractivity contribution in [3.05, 3.63) is 188 Å². The summed E-state index contributed by atoms with van der Waals surface area (Å²) in [4.78, 5) is 18.9. The molecule has 12 rings (SSSR count). The zero-order chi connectivity index (χ0) is 43.8. The number of para-hydroxylation sites is 2. The molecule has 0 aliphatic carbocycles. The molecule has 0 radical (unpaired) electrons. The van der Waals surface area contributed by atoms with Crippen LogP contribution in [0.3, 0.4) is 0 Å². The van der Waals surface area contributed by atoms with Gasteiger partial charge in [0.1, 0.15) is 11.6 Å². The third-order valence-corrected chi connectivity index (χ3v) is 12.1. The summed E-state index contributed by atoms with van der Waals surface area (Å²) in [5.41, 5.74) is 7.70. The van der Waals surface area contributed by atoms with Crippen LogP contribution in [0.25, 0.3) is 83.0 Å². The van der Waals surface area contributed by atoms with Gasteiger partial charge in [-0.05, 0) is 65.1 Å². The Morgan fingerprint density at radius 3 is 1.25 bits per heavy atom. The number of fused-ring (bicyclic) bond motifs is 9. The van der Waals surface area contributed by atoms with E-state index in [-0.39, 0.29) is 54.0 Å². The van der Waals surface area contributed by atoms with Crippen LogP contribution >= 0.6 is 0 Å². The summed E-state index contributed by atoms with van der Waals surface area (Å²) in [6.07, 6.45) is 7.10. The van der Waals surface area contributed by atoms with E-state index in [2.05, 4.69) is 134 Å². The molecule has 0 atom stereocenters. The van der Waals surface area contributed by atoms with Crippen molar-refractivity contribution in [2.45, 2.75) is 39.5 Å². The van der Waals surface area contributed by atoms with E-state index in [1.54, 1.807) is 18.5 Å². The van der Waals surface area contributed by atoms with Gasteiger partial charge in [-0.3, -0.25) is 0 Å². The van der Waals surface area contributed by atoms with Crippen LogP contribution in [-0.4, -0.2) is 33.6 Å². The van der Waals surface area contributed by atoms with Crippen molar-refractivity contribution in [1.82, 2.24) is 33.6 Å². The number of ether oxygens (including phenoxy) is 2. The third-order valence-electron chi connectivity index (χ3n) is 12.1. The molecule has 330 valence electrons. The second kappa shape index (κ2) is 17.7. The Labute approximate surface area is 415 Å². The van der Waals surface area contributed by atoms with Crippen LogP contribution in [-0.2, 0) is 42.1 Å². The topological polar surface area (TPSA) is 84.8 Å². The first-order valence-corrected chi connectivity index (χ1v) is 21.8. The van der Waals surface area contributed by atoms with E-state index >= 15 is 0 Å². The van der Waals surface area contributed by atoms with Crippen LogP contribution in [0.2, 0.25) is 0 Å². The molecule has 0 bridgehead atoms. The normalized spacial score (nSPS) is 11.6. The molecule has 0 saturated heterocycles. The van der Waals surface area contributed by atoms with Crippen molar-refractivity contribution in [2.24, 2.45) is 0 Å². The van der Waals surface area contributed by atoms with Crippen LogP contribution in [0, 0.1) is 24.3 Å². The molecule has 0 spiro atoms. The summed E-state index contributed by atoms with van der Waals surface area (Å²) >= 11 is 0. The van der Waals surface area contributed by atoms with Crippen molar-refractivity contribution < 1.29 is 51.6 Å². The molecule has 6 heterocycles. The average molecular weight is 1230 g/mol. The minimum atomic E-state index is 0. The number of hydrogen-bond acceptors (Lipinski definition) is 6. The number of nitrogens with zero attached hydrogens (tertiary/aromatic N) is 7. The van der Waals surface area contributed by atoms with Gasteiger partial charge in [-0.1, -0.05) is 109 Å². The second-order valence-electron chi connectivity index (χ2n) is 16.8. The predicted octanol–water partition coefficient (Wildman–Crippen LogP) is 13.6. The van der Waals surface area contributed by atoms with Gasteiger partial charge in [-0.15, -0.1) is 59.7 Å². The van der Waals surface area contributed by atoms with Crippen LogP contribution in [0.1, 0.15) is 50.7 Å². The maximum atomic E-state index is 6.75. The first-order chi connectivity index (χ1) is 31.9. The van der Waals surface area contributed by atoms with Crippen molar-refractivity contribution in [2.75, 3.05) is 0 Å². The van der Waals surface area contributed by atoms with Crippen molar-refractivity contribution in [3.8, 4) is 40.6 Å². The van der Waals surface area contributed by atoms with Crippen molar-refractivity contribution in [1.29, 1.82) is 0 Å². The molecular formula is C56H39N7O2Pt2. The largest absolute Gasteiger partial charge is 2.00 e. The SMILES string of the molecule is CC(C)c1cc(Oc2[c-]c3c(cc2)c2ccc(Oc4[c-]c5c(c(C(C)C)c4)c4ccccc4n5-c4ccccn4)[c-]c2n3-c2ncccn2)[c-]c2c1c1ccccc1n2-c1ccccn1.[Pt+2].[Pt+2]. The average Bonchev–Trinajstić information content (AvgIpc) is 3.96. The Kier molecular flexibility index (Phi) is 11.6. The number of rotatable bonds is 9. The molecule has 0 unspecified atom stereocenters. The second-order valence-corrected chi connectivity index (χ2v) is 16.8. The molecule has 12 aromatic rings. The van der Waals surface area contributed by atoms with E-state index in [4.69, 9.17) is 29.4 Å². The third kappa shape index (κ3) is 7.42. The molecule has 0 N–H and O–H groups in total. The van der Waals surface area contributed by atoms with Gasteiger partial charge in [-0.25, -0.2) is 19.9 Å². The summed E-state index contributed by atoms with van der Waals surface area (Å²) in [5, 5.41) is 6.44. The minimum Gasteiger partial charge on any atom is -0.509 e. The zero-order valence-corrected chi connectivity index (χ0v) is 41.2. The number of pyridine rings is 2. The van der Waals surface area contributed by atoms with E-state index in [1.807, 2.05) is 65.5 Å². The van der Waals surface area contributed by atoms with Gasteiger partial charge in [0.25, 0.3) is 0 Å². The Hall–Kier alpha value is -6.92. The molecule has 0 aliphatic heterocycles. The van der Waals surface area contributed by atoms with Gasteiger partial charge in [-0.2, -0.15) is 22.9 Å². The molecule has 9 nitrogen and oxygen atoms in total. The fourth-order valence-corrected chi connectivity index (χ4v) is 9.29. The molecule has 0 amide bonds. The fraction of sp³-hybridized carbons (Fsp3) is 0.107. The van der Waals surface area contributed by atoms with Crippen molar-refractivity contribution in [3.63, 3.8) is 0 Å². The fourth-order valence-electron chi connectivity index (χ4n) is 9.29. The Balaban J connectivity index is 0.00000263. The molecule has 11 heteroatoms. The number of aromatic nitrogens is 7. The van der Waals surface area contributed by atoms with Gasteiger partial charge in [0.05, 0.1) is 0 Å². The maximum Gasteiger partial charge on any atom is 2.00 e. The molecule has 67 heavy (non-hydrogen) atoms. The van der Waals surface area contributed by atoms with Gasteiger partial charge >= 0.3 is 42.1 Å². The Morgan fingerprint density at radius 1 is 0.403 bits per heavy atom. The first kappa shape index (κ1) is 43.9. The first-order valence-electron chi connectivity index (χ1n) is 21.8. The Morgan fingerprint density at radius 2 is 0.821 bits per heavy atom. The van der Waals surface area contributed by atoms with Gasteiger partial charge in [0.2, 0.25) is 5.95 Å². The summed E-state index contributed by atoms with van der Waals surface area (Å²) in [6, 6.07) is 57.2. The van der Waals surface area contributed by atoms with Crippen LogP contribution in [0.5, 0.6) is 23.0 Å². The smallest absolute Gasteiger partial charge is 0.509 e. The molecule has 0 aliphatic rings. The summed E-state index contributed by atoms with van der Waals surface area (Å²) in [7, 11) is 0. The number of hydrogen-bond donors (Lipinski definition) is 0. The zero-order valence-electron chi connectivity index (χ0n) is 36.7. The summed E-state index contributed by atoms with van der Waals surface area (Å²) in [6.45, 7) is 8.83. The molecular weight excluding hydrogens is 1190 g/mol. The summed E-state index contributed by atoms with van der Waals surface area (Å²) < 4.78 is 19.8. The van der Waals surface area contributed by atoms with E-state index in [0.717, 1.165) is 88.2 Å². The van der Waals surface area contributed by atoms with Gasteiger partial charge < -0.3 is 23.2 Å². The van der Waals surface area contributed by atoms with E-state index in [0.29, 0.717) is 28.9 Å². The monoisotopic (exact) mass is 1230 g/mol. The molecule has 0 fully saturated rings. The van der Waals surface area contributed by atoms with Gasteiger partial charge in [0.15, 0.2) is 0 Å². The molecule has 0 saturated carbocycles. The predicted molar refractivity (Wildman–Crippen MR) is 257 cm³/mol. The van der Waals surface area contributed by atoms with E-state index in [9.17, 15) is 0 Å². The minimum absolute atomic E-state index is 0. The van der Waals surface area contributed by atoms with Crippen LogP contribution < -0.4 is 9.47 Å². The molecule has 6 aromatic carbocycles. The molecule has 6 aromatic heterocycles. The maximum absolute atomic E-state index is 6.75. The van der Waals surface area contributed by atoms with E-state index in [1.165, 1.54) is 0 Å². The van der Waals surface area contributed by atoms with Crippen molar-refractivity contribution >= 4 is 65.4 Å². The summed E-state index contributed by atoms with van der Waals surface area (Å²) in [5.74, 6) is 4.70. The quantitative estimate of drug-likeness (QED) is 0.134.